The Kier molecular flexibility index (Phi) is 3.97. The zero-order valence-corrected chi connectivity index (χ0v) is 9.93. The molecule has 0 radical (unpaired) electrons. The molecule has 0 aliphatic carbocycles. The molecule has 0 aliphatic heterocycles. The zero-order chi connectivity index (χ0) is 12.1. The molecule has 0 aromatic heterocycles. The monoisotopic (exact) mass is 232 g/mol. The smallest absolute Gasteiger partial charge is 0.194 e. The van der Waals surface area contributed by atoms with E-state index in [0.717, 1.165) is 16.8 Å². The summed E-state index contributed by atoms with van der Waals surface area (Å²) in [5, 5.41) is 12.6. The number of nitrogens with zero attached hydrogens (tertiary/aromatic N) is 2. The minimum atomic E-state index is -0.0136. The maximum atomic E-state index is 8.71. The van der Waals surface area contributed by atoms with Crippen molar-refractivity contribution in [1.29, 1.82) is 5.26 Å². The van der Waals surface area contributed by atoms with E-state index in [2.05, 4.69) is 22.7 Å². The lowest BCUT2D eigenvalue weighted by Crippen LogP contribution is -2.20. The Bertz CT molecular complexity index is 485. The summed E-state index contributed by atoms with van der Waals surface area (Å²) in [5.41, 5.74) is 11.1. The van der Waals surface area contributed by atoms with E-state index in [4.69, 9.17) is 11.0 Å². The van der Waals surface area contributed by atoms with Crippen molar-refractivity contribution < 1.29 is 0 Å². The van der Waals surface area contributed by atoms with Gasteiger partial charge in [0.25, 0.3) is 0 Å². The molecule has 0 amide bonds. The fraction of sp³-hybridized carbons (Fsp3) is 0.182. The molecule has 0 bridgehead atoms. The molecule has 0 heterocycles. The van der Waals surface area contributed by atoms with Crippen LogP contribution in [0, 0.1) is 25.2 Å². The van der Waals surface area contributed by atoms with E-state index in [1.54, 1.807) is 0 Å². The number of hydrogen-bond donors (Lipinski definition) is 2. The number of hydrazone groups is 1. The molecule has 5 heteroatoms. The molecule has 1 aromatic rings. The summed E-state index contributed by atoms with van der Waals surface area (Å²) in [7, 11) is 0. The van der Waals surface area contributed by atoms with Crippen molar-refractivity contribution in [3.8, 4) is 6.07 Å². The van der Waals surface area contributed by atoms with Gasteiger partial charge in [0, 0.05) is 0 Å². The van der Waals surface area contributed by atoms with Gasteiger partial charge in [0.2, 0.25) is 0 Å². The molecule has 0 saturated heterocycles. The molecular formula is C11H12N4S. The van der Waals surface area contributed by atoms with Crippen LogP contribution in [0.25, 0.3) is 0 Å². The number of rotatable bonds is 3. The normalized spacial score (nSPS) is 10.7. The fourth-order valence-corrected chi connectivity index (χ4v) is 1.20. The molecule has 0 atom stereocenters. The highest BCUT2D eigenvalue weighted by Gasteiger charge is 2.02. The topological polar surface area (TPSA) is 74.2 Å². The minimum Gasteiger partial charge on any atom is -0.387 e. The van der Waals surface area contributed by atoms with Crippen LogP contribution in [-0.2, 0) is 0 Å². The minimum absolute atomic E-state index is 0.0136. The number of nitrogens with one attached hydrogen (secondary N) is 1. The third kappa shape index (κ3) is 3.04. The van der Waals surface area contributed by atoms with Crippen LogP contribution < -0.4 is 11.2 Å². The van der Waals surface area contributed by atoms with Gasteiger partial charge < -0.3 is 5.73 Å². The fourth-order valence-electron chi connectivity index (χ4n) is 1.11. The summed E-state index contributed by atoms with van der Waals surface area (Å²) < 4.78 is 0. The predicted octanol–water partition coefficient (Wildman–Crippen LogP) is 1.88. The highest BCUT2D eigenvalue weighted by molar-refractivity contribution is 7.82. The average molecular weight is 232 g/mol. The summed E-state index contributed by atoms with van der Waals surface area (Å²) in [6.45, 7) is 3.93. The number of thiocarbonyl (C=S) groups is 1. The molecule has 3 N–H and O–H groups in total. The van der Waals surface area contributed by atoms with E-state index >= 15 is 0 Å². The molecule has 1 rings (SSSR count). The van der Waals surface area contributed by atoms with Crippen LogP contribution in [0.3, 0.4) is 0 Å². The van der Waals surface area contributed by atoms with Gasteiger partial charge in [-0.25, -0.2) is 0 Å². The molecule has 0 fully saturated rings. The summed E-state index contributed by atoms with van der Waals surface area (Å²) in [4.78, 5) is -0.0136. The lowest BCUT2D eigenvalue weighted by atomic mass is 10.1. The second-order valence-electron chi connectivity index (χ2n) is 3.37. The first kappa shape index (κ1) is 12.1. The Morgan fingerprint density at radius 2 is 2.19 bits per heavy atom. The molecule has 82 valence electrons. The van der Waals surface area contributed by atoms with Crippen LogP contribution in [-0.4, -0.2) is 10.7 Å². The van der Waals surface area contributed by atoms with Crippen molar-refractivity contribution >= 4 is 28.6 Å². The van der Waals surface area contributed by atoms with Gasteiger partial charge in [-0.3, -0.25) is 5.43 Å². The Hall–Kier alpha value is -1.93. The van der Waals surface area contributed by atoms with E-state index in [-0.39, 0.29) is 10.7 Å². The number of hydrogen-bond acceptors (Lipinski definition) is 4. The summed E-state index contributed by atoms with van der Waals surface area (Å²) in [6, 6.07) is 7.74. The molecular weight excluding hydrogens is 220 g/mol. The van der Waals surface area contributed by atoms with Gasteiger partial charge in [-0.1, -0.05) is 24.4 Å². The maximum Gasteiger partial charge on any atom is 0.194 e. The first-order valence-electron chi connectivity index (χ1n) is 4.65. The van der Waals surface area contributed by atoms with Gasteiger partial charge in [0.15, 0.2) is 5.71 Å². The largest absolute Gasteiger partial charge is 0.387 e. The van der Waals surface area contributed by atoms with Crippen LogP contribution in [0.2, 0.25) is 0 Å². The Balaban J connectivity index is 2.94. The van der Waals surface area contributed by atoms with Crippen LogP contribution in [0.1, 0.15) is 11.1 Å². The Labute approximate surface area is 99.8 Å². The summed E-state index contributed by atoms with van der Waals surface area (Å²) in [5.74, 6) is 0. The van der Waals surface area contributed by atoms with Crippen LogP contribution in [0.5, 0.6) is 0 Å². The number of aryl methyl sites for hydroxylation is 2. The third-order valence-corrected chi connectivity index (χ3v) is 2.21. The lowest BCUT2D eigenvalue weighted by Gasteiger charge is -2.06. The lowest BCUT2D eigenvalue weighted by molar-refractivity contribution is 1.29. The van der Waals surface area contributed by atoms with E-state index in [9.17, 15) is 0 Å². The van der Waals surface area contributed by atoms with Crippen molar-refractivity contribution in [2.75, 3.05) is 5.43 Å². The third-order valence-electron chi connectivity index (χ3n) is 2.02. The molecule has 0 saturated carbocycles. The Morgan fingerprint density at radius 1 is 1.50 bits per heavy atom. The van der Waals surface area contributed by atoms with Gasteiger partial charge in [0.1, 0.15) is 11.1 Å². The van der Waals surface area contributed by atoms with Crippen LogP contribution in [0.15, 0.2) is 23.3 Å². The quantitative estimate of drug-likeness (QED) is 0.474. The van der Waals surface area contributed by atoms with E-state index < -0.39 is 0 Å². The molecule has 1 aromatic carbocycles. The molecule has 4 nitrogen and oxygen atoms in total. The highest BCUT2D eigenvalue weighted by Crippen LogP contribution is 2.16. The van der Waals surface area contributed by atoms with Crippen molar-refractivity contribution in [3.05, 3.63) is 29.3 Å². The van der Waals surface area contributed by atoms with Crippen LogP contribution >= 0.6 is 12.2 Å². The second kappa shape index (κ2) is 5.24. The Morgan fingerprint density at radius 3 is 2.75 bits per heavy atom. The van der Waals surface area contributed by atoms with Gasteiger partial charge in [-0.15, -0.1) is 0 Å². The average Bonchev–Trinajstić information content (AvgIpc) is 2.23. The molecule has 0 spiro atoms. The number of nitrogens with two attached hydrogens (primary N) is 1. The van der Waals surface area contributed by atoms with Crippen molar-refractivity contribution in [2.45, 2.75) is 13.8 Å². The highest BCUT2D eigenvalue weighted by atomic mass is 32.1. The van der Waals surface area contributed by atoms with Crippen LogP contribution in [0.4, 0.5) is 5.69 Å². The van der Waals surface area contributed by atoms with Gasteiger partial charge >= 0.3 is 0 Å². The zero-order valence-electron chi connectivity index (χ0n) is 9.11. The van der Waals surface area contributed by atoms with E-state index in [0.29, 0.717) is 0 Å². The molecule has 0 unspecified atom stereocenters. The van der Waals surface area contributed by atoms with E-state index in [1.807, 2.05) is 38.1 Å². The SMILES string of the molecule is Cc1ccc(C)c(NN=C(C#N)C(N)=S)c1. The van der Waals surface area contributed by atoms with Crippen molar-refractivity contribution in [3.63, 3.8) is 0 Å². The summed E-state index contributed by atoms with van der Waals surface area (Å²) in [6.07, 6.45) is 0. The van der Waals surface area contributed by atoms with Crippen molar-refractivity contribution in [2.24, 2.45) is 10.8 Å². The standard InChI is InChI=1S/C11H12N4S/c1-7-3-4-8(2)9(5-7)14-15-10(6-12)11(13)16/h3-5,14H,1-2H3,(H2,13,16). The first-order chi connectivity index (χ1) is 7.54. The summed E-state index contributed by atoms with van der Waals surface area (Å²) >= 11 is 4.67. The van der Waals surface area contributed by atoms with Gasteiger partial charge in [0.05, 0.1) is 5.69 Å². The first-order valence-corrected chi connectivity index (χ1v) is 5.06. The van der Waals surface area contributed by atoms with E-state index in [1.165, 1.54) is 0 Å². The number of nitriles is 1. The van der Waals surface area contributed by atoms with Gasteiger partial charge in [-0.05, 0) is 31.0 Å². The molecule has 0 aliphatic rings. The maximum absolute atomic E-state index is 8.71. The van der Waals surface area contributed by atoms with Crippen molar-refractivity contribution in [1.82, 2.24) is 0 Å². The van der Waals surface area contributed by atoms with Gasteiger partial charge in [-0.2, -0.15) is 10.4 Å². The number of benzene rings is 1. The predicted molar refractivity (Wildman–Crippen MR) is 69.4 cm³/mol. The number of anilines is 1. The molecule has 16 heavy (non-hydrogen) atoms. The second-order valence-corrected chi connectivity index (χ2v) is 3.81.